The van der Waals surface area contributed by atoms with Crippen LogP contribution in [0.15, 0.2) is 83.5 Å². The molecule has 1 aliphatic rings. The SMILES string of the molecule is COC(=O)C1=C(C)NC(C)C(C(=O)OC)(c2ccccc2)C1c1nccs1.COc1ccccc1. The Morgan fingerprint density at radius 1 is 0.971 bits per heavy atom. The molecule has 35 heavy (non-hydrogen) atoms. The van der Waals surface area contributed by atoms with Gasteiger partial charge in [-0.3, -0.25) is 4.79 Å². The molecule has 0 fully saturated rings. The van der Waals surface area contributed by atoms with Gasteiger partial charge in [-0.2, -0.15) is 0 Å². The number of nitrogens with one attached hydrogen (secondary N) is 1. The van der Waals surface area contributed by atoms with Crippen LogP contribution in [0.2, 0.25) is 0 Å². The molecule has 1 aromatic heterocycles. The number of thiazole rings is 1. The molecule has 8 heteroatoms. The second kappa shape index (κ2) is 11.7. The Hall–Kier alpha value is -3.65. The van der Waals surface area contributed by atoms with E-state index < -0.39 is 23.3 Å². The first-order valence-electron chi connectivity index (χ1n) is 11.1. The Kier molecular flexibility index (Phi) is 8.65. The third-order valence-corrected chi connectivity index (χ3v) is 6.96. The minimum absolute atomic E-state index is 0.338. The van der Waals surface area contributed by atoms with E-state index in [-0.39, 0.29) is 6.04 Å². The molecule has 4 rings (SSSR count). The Bertz CT molecular complexity index is 1150. The van der Waals surface area contributed by atoms with Crippen molar-refractivity contribution in [1.29, 1.82) is 0 Å². The summed E-state index contributed by atoms with van der Waals surface area (Å²) in [6.45, 7) is 3.73. The predicted molar refractivity (Wildman–Crippen MR) is 135 cm³/mol. The Balaban J connectivity index is 0.000000363. The van der Waals surface area contributed by atoms with E-state index in [1.54, 1.807) is 13.3 Å². The first-order valence-corrected chi connectivity index (χ1v) is 12.0. The number of methoxy groups -OCH3 is 3. The smallest absolute Gasteiger partial charge is 0.336 e. The maximum atomic E-state index is 13.3. The normalized spacial score (nSPS) is 21.2. The molecule has 7 nitrogen and oxygen atoms in total. The van der Waals surface area contributed by atoms with Crippen LogP contribution in [0.3, 0.4) is 0 Å². The maximum absolute atomic E-state index is 13.3. The van der Waals surface area contributed by atoms with Crippen molar-refractivity contribution < 1.29 is 23.8 Å². The number of hydrogen-bond acceptors (Lipinski definition) is 8. The molecule has 0 saturated carbocycles. The lowest BCUT2D eigenvalue weighted by atomic mass is 9.61. The van der Waals surface area contributed by atoms with Gasteiger partial charge in [0.25, 0.3) is 0 Å². The van der Waals surface area contributed by atoms with Crippen LogP contribution in [0, 0.1) is 0 Å². The number of carbonyl (C=O) groups is 2. The summed E-state index contributed by atoms with van der Waals surface area (Å²) < 4.78 is 15.2. The van der Waals surface area contributed by atoms with Gasteiger partial charge in [0, 0.05) is 23.3 Å². The average Bonchev–Trinajstić information content (AvgIpc) is 3.43. The number of hydrogen-bond donors (Lipinski definition) is 1. The highest BCUT2D eigenvalue weighted by atomic mass is 32.1. The van der Waals surface area contributed by atoms with Gasteiger partial charge in [-0.25, -0.2) is 9.78 Å². The molecule has 3 atom stereocenters. The minimum atomic E-state index is -1.17. The minimum Gasteiger partial charge on any atom is -0.497 e. The lowest BCUT2D eigenvalue weighted by Crippen LogP contribution is -2.60. The van der Waals surface area contributed by atoms with Crippen LogP contribution in [-0.2, 0) is 24.5 Å². The van der Waals surface area contributed by atoms with Crippen molar-refractivity contribution in [2.75, 3.05) is 21.3 Å². The fraction of sp³-hybridized carbons (Fsp3) is 0.296. The molecule has 0 aliphatic carbocycles. The molecular formula is C27H30N2O5S. The molecule has 184 valence electrons. The molecule has 1 aliphatic heterocycles. The topological polar surface area (TPSA) is 86.8 Å². The van der Waals surface area contributed by atoms with Gasteiger partial charge in [0.1, 0.15) is 16.2 Å². The number of carbonyl (C=O) groups excluding carboxylic acids is 2. The fourth-order valence-electron chi connectivity index (χ4n) is 4.56. The zero-order valence-electron chi connectivity index (χ0n) is 20.5. The number of allylic oxidation sites excluding steroid dienone is 1. The monoisotopic (exact) mass is 494 g/mol. The van der Waals surface area contributed by atoms with E-state index in [1.165, 1.54) is 25.6 Å². The number of para-hydroxylation sites is 1. The van der Waals surface area contributed by atoms with Crippen molar-refractivity contribution in [3.05, 3.63) is 94.1 Å². The van der Waals surface area contributed by atoms with Gasteiger partial charge in [0.05, 0.1) is 32.8 Å². The van der Waals surface area contributed by atoms with Gasteiger partial charge in [-0.05, 0) is 31.5 Å². The van der Waals surface area contributed by atoms with E-state index in [0.717, 1.165) is 11.3 Å². The van der Waals surface area contributed by atoms with E-state index in [0.29, 0.717) is 16.3 Å². The predicted octanol–water partition coefficient (Wildman–Crippen LogP) is 4.47. The van der Waals surface area contributed by atoms with Crippen LogP contribution >= 0.6 is 11.3 Å². The number of aromatic nitrogens is 1. The second-order valence-electron chi connectivity index (χ2n) is 7.94. The van der Waals surface area contributed by atoms with E-state index in [4.69, 9.17) is 14.2 Å². The van der Waals surface area contributed by atoms with Gasteiger partial charge in [0.2, 0.25) is 0 Å². The summed E-state index contributed by atoms with van der Waals surface area (Å²) in [5.41, 5.74) is 0.646. The van der Waals surface area contributed by atoms with E-state index >= 15 is 0 Å². The van der Waals surface area contributed by atoms with Crippen LogP contribution in [0.25, 0.3) is 0 Å². The molecule has 3 aromatic rings. The van der Waals surface area contributed by atoms with Crippen molar-refractivity contribution >= 4 is 23.3 Å². The highest BCUT2D eigenvalue weighted by Crippen LogP contribution is 2.51. The molecule has 1 N–H and O–H groups in total. The Labute approximate surface area is 209 Å². The van der Waals surface area contributed by atoms with Gasteiger partial charge in [0.15, 0.2) is 0 Å². The molecular weight excluding hydrogens is 464 g/mol. The number of rotatable bonds is 5. The van der Waals surface area contributed by atoms with Crippen molar-refractivity contribution in [2.45, 2.75) is 31.2 Å². The van der Waals surface area contributed by atoms with E-state index in [2.05, 4.69) is 10.3 Å². The Morgan fingerprint density at radius 3 is 2.09 bits per heavy atom. The summed E-state index contributed by atoms with van der Waals surface area (Å²) >= 11 is 1.40. The van der Waals surface area contributed by atoms with Crippen molar-refractivity contribution in [2.24, 2.45) is 0 Å². The number of nitrogens with zero attached hydrogens (tertiary/aromatic N) is 1. The number of ether oxygens (including phenoxy) is 3. The molecule has 0 spiro atoms. The third-order valence-electron chi connectivity index (χ3n) is 6.12. The van der Waals surface area contributed by atoms with E-state index in [1.807, 2.05) is 79.9 Å². The third kappa shape index (κ3) is 5.07. The number of benzene rings is 2. The van der Waals surface area contributed by atoms with Gasteiger partial charge in [-0.15, -0.1) is 11.3 Å². The standard InChI is InChI=1S/C20H22N2O4S.C7H8O/c1-12-15(18(23)25-3)16(17-21-10-11-27-17)20(13(2)22-12,19(24)26-4)14-8-6-5-7-9-14;1-8-7-5-3-2-4-6-7/h5-11,13,16,22H,1-4H3;2-6H,1H3. The number of esters is 2. The largest absolute Gasteiger partial charge is 0.497 e. The van der Waals surface area contributed by atoms with Crippen molar-refractivity contribution in [1.82, 2.24) is 10.3 Å². The molecule has 0 amide bonds. The average molecular weight is 495 g/mol. The zero-order chi connectivity index (χ0) is 25.4. The summed E-state index contributed by atoms with van der Waals surface area (Å²) in [5.74, 6) is -0.636. The van der Waals surface area contributed by atoms with Crippen LogP contribution in [-0.4, -0.2) is 44.3 Å². The first-order chi connectivity index (χ1) is 16.9. The fourth-order valence-corrected chi connectivity index (χ4v) is 5.38. The zero-order valence-corrected chi connectivity index (χ0v) is 21.3. The lowest BCUT2D eigenvalue weighted by Gasteiger charge is -2.47. The van der Waals surface area contributed by atoms with Gasteiger partial charge < -0.3 is 19.5 Å². The van der Waals surface area contributed by atoms with Gasteiger partial charge in [-0.1, -0.05) is 48.5 Å². The van der Waals surface area contributed by atoms with Crippen molar-refractivity contribution in [3.8, 4) is 5.75 Å². The van der Waals surface area contributed by atoms with Crippen molar-refractivity contribution in [3.63, 3.8) is 0 Å². The molecule has 0 bridgehead atoms. The van der Waals surface area contributed by atoms with Crippen LogP contribution in [0.4, 0.5) is 0 Å². The van der Waals surface area contributed by atoms with Crippen LogP contribution in [0.1, 0.15) is 30.3 Å². The quantitative estimate of drug-likeness (QED) is 0.524. The molecule has 0 saturated heterocycles. The summed E-state index contributed by atoms with van der Waals surface area (Å²) in [5, 5.41) is 5.79. The highest BCUT2D eigenvalue weighted by Gasteiger charge is 2.59. The molecule has 2 heterocycles. The summed E-state index contributed by atoms with van der Waals surface area (Å²) in [6, 6.07) is 18.7. The summed E-state index contributed by atoms with van der Waals surface area (Å²) in [6.07, 6.45) is 1.67. The van der Waals surface area contributed by atoms with Crippen LogP contribution < -0.4 is 10.1 Å². The summed E-state index contributed by atoms with van der Waals surface area (Å²) in [4.78, 5) is 30.5. The first kappa shape index (κ1) is 26.0. The van der Waals surface area contributed by atoms with Gasteiger partial charge >= 0.3 is 11.9 Å². The second-order valence-corrected chi connectivity index (χ2v) is 8.87. The summed E-state index contributed by atoms with van der Waals surface area (Å²) in [7, 11) is 4.36. The maximum Gasteiger partial charge on any atom is 0.336 e. The Morgan fingerprint density at radius 2 is 1.60 bits per heavy atom. The highest BCUT2D eigenvalue weighted by molar-refractivity contribution is 7.09. The molecule has 0 radical (unpaired) electrons. The molecule has 2 aromatic carbocycles. The van der Waals surface area contributed by atoms with E-state index in [9.17, 15) is 9.59 Å². The molecule has 3 unspecified atom stereocenters. The van der Waals surface area contributed by atoms with Crippen LogP contribution in [0.5, 0.6) is 5.75 Å². The lowest BCUT2D eigenvalue weighted by molar-refractivity contribution is -0.150.